The first kappa shape index (κ1) is 22.7. The van der Waals surface area contributed by atoms with Gasteiger partial charge in [0, 0.05) is 39.6 Å². The van der Waals surface area contributed by atoms with E-state index in [0.717, 1.165) is 38.8 Å². The summed E-state index contributed by atoms with van der Waals surface area (Å²) in [7, 11) is 0. The van der Waals surface area contributed by atoms with Gasteiger partial charge in [0.1, 0.15) is 0 Å². The van der Waals surface area contributed by atoms with Crippen molar-refractivity contribution >= 4 is 39.9 Å². The summed E-state index contributed by atoms with van der Waals surface area (Å²) in [4.78, 5) is 22.0. The fraction of sp³-hybridized carbons (Fsp3) is 0.222. The van der Waals surface area contributed by atoms with Gasteiger partial charge in [0.15, 0.2) is 0 Å². The zero-order chi connectivity index (χ0) is 23.5. The van der Waals surface area contributed by atoms with Gasteiger partial charge in [-0.15, -0.1) is 0 Å². The summed E-state index contributed by atoms with van der Waals surface area (Å²) in [5.74, 6) is 0.539. The molecule has 6 heteroatoms. The van der Waals surface area contributed by atoms with E-state index in [2.05, 4.69) is 60.4 Å². The van der Waals surface area contributed by atoms with Crippen LogP contribution in [0.1, 0.15) is 50.7 Å². The first-order chi connectivity index (χ1) is 15.9. The molecule has 0 atom stereocenters. The van der Waals surface area contributed by atoms with Gasteiger partial charge in [-0.1, -0.05) is 75.7 Å². The van der Waals surface area contributed by atoms with Crippen LogP contribution in [0.5, 0.6) is 0 Å². The number of nitrogens with one attached hydrogen (secondary N) is 2. The maximum absolute atomic E-state index is 13.2. The maximum Gasteiger partial charge on any atom is 0.323 e. The van der Waals surface area contributed by atoms with Gasteiger partial charge in [0.05, 0.1) is 17.4 Å². The second-order valence-corrected chi connectivity index (χ2v) is 9.03. The van der Waals surface area contributed by atoms with Crippen molar-refractivity contribution in [3.05, 3.63) is 83.3 Å². The SMILES string of the molecule is CC(C)c1cccc(C(C)C)c1NC(=O)Nc1cnc2ccncc2c1-c1ccccc1Cl. The van der Waals surface area contributed by atoms with Crippen LogP contribution in [0, 0.1) is 0 Å². The summed E-state index contributed by atoms with van der Waals surface area (Å²) in [6, 6.07) is 15.2. The van der Waals surface area contributed by atoms with Gasteiger partial charge in [0.25, 0.3) is 0 Å². The van der Waals surface area contributed by atoms with E-state index in [1.165, 1.54) is 0 Å². The lowest BCUT2D eigenvalue weighted by atomic mass is 9.93. The van der Waals surface area contributed by atoms with E-state index in [4.69, 9.17) is 11.6 Å². The molecular weight excluding hydrogens is 432 g/mol. The van der Waals surface area contributed by atoms with Crippen LogP contribution in [-0.4, -0.2) is 16.0 Å². The minimum absolute atomic E-state index is 0.270. The molecule has 2 heterocycles. The molecule has 2 N–H and O–H groups in total. The molecule has 4 aromatic rings. The number of amides is 2. The molecule has 0 saturated heterocycles. The Hall–Kier alpha value is -3.44. The van der Waals surface area contributed by atoms with E-state index in [0.29, 0.717) is 10.7 Å². The summed E-state index contributed by atoms with van der Waals surface area (Å²) in [6.45, 7) is 8.49. The van der Waals surface area contributed by atoms with Gasteiger partial charge < -0.3 is 10.6 Å². The molecule has 0 radical (unpaired) electrons. The molecule has 0 spiro atoms. The van der Waals surface area contributed by atoms with Crippen molar-refractivity contribution in [3.63, 3.8) is 0 Å². The number of carbonyl (C=O) groups excluding carboxylic acids is 1. The number of carbonyl (C=O) groups is 1. The van der Waals surface area contributed by atoms with Crippen molar-refractivity contribution < 1.29 is 4.79 Å². The number of hydrogen-bond acceptors (Lipinski definition) is 3. The predicted octanol–water partition coefficient (Wildman–Crippen LogP) is 7.84. The van der Waals surface area contributed by atoms with Gasteiger partial charge in [-0.25, -0.2) is 4.79 Å². The molecule has 0 fully saturated rings. The molecule has 0 saturated carbocycles. The largest absolute Gasteiger partial charge is 0.323 e. The zero-order valence-electron chi connectivity index (χ0n) is 19.2. The van der Waals surface area contributed by atoms with E-state index in [1.807, 2.05) is 36.4 Å². The molecular formula is C27H27ClN4O. The molecule has 0 bridgehead atoms. The topological polar surface area (TPSA) is 66.9 Å². The number of halogens is 1. The molecule has 2 aromatic carbocycles. The normalized spacial score (nSPS) is 11.2. The number of aromatic nitrogens is 2. The molecule has 2 aromatic heterocycles. The summed E-state index contributed by atoms with van der Waals surface area (Å²) < 4.78 is 0. The average Bonchev–Trinajstić information content (AvgIpc) is 2.79. The second kappa shape index (κ2) is 9.59. The van der Waals surface area contributed by atoms with Gasteiger partial charge in [-0.2, -0.15) is 0 Å². The Morgan fingerprint density at radius 1 is 0.879 bits per heavy atom. The minimum Gasteiger partial charge on any atom is -0.307 e. The van der Waals surface area contributed by atoms with Crippen molar-refractivity contribution in [3.8, 4) is 11.1 Å². The van der Waals surface area contributed by atoms with E-state index in [9.17, 15) is 4.79 Å². The molecule has 2 amide bonds. The zero-order valence-corrected chi connectivity index (χ0v) is 19.9. The number of rotatable bonds is 5. The third-order valence-corrected chi connectivity index (χ3v) is 6.00. The number of benzene rings is 2. The summed E-state index contributed by atoms with van der Waals surface area (Å²) in [6.07, 6.45) is 5.11. The highest BCUT2D eigenvalue weighted by molar-refractivity contribution is 6.34. The maximum atomic E-state index is 13.2. The van der Waals surface area contributed by atoms with E-state index < -0.39 is 0 Å². The Bertz CT molecular complexity index is 1290. The molecule has 0 aliphatic carbocycles. The van der Waals surface area contributed by atoms with Crippen LogP contribution in [-0.2, 0) is 0 Å². The molecule has 0 aliphatic heterocycles. The Labute approximate surface area is 199 Å². The molecule has 168 valence electrons. The fourth-order valence-corrected chi connectivity index (χ4v) is 4.28. The first-order valence-corrected chi connectivity index (χ1v) is 11.4. The number of hydrogen-bond donors (Lipinski definition) is 2. The van der Waals surface area contributed by atoms with Crippen LogP contribution in [0.4, 0.5) is 16.2 Å². The summed E-state index contributed by atoms with van der Waals surface area (Å²) in [5, 5.41) is 7.52. The van der Waals surface area contributed by atoms with Gasteiger partial charge in [-0.05, 0) is 35.1 Å². The molecule has 0 unspecified atom stereocenters. The van der Waals surface area contributed by atoms with E-state index in [-0.39, 0.29) is 17.9 Å². The third kappa shape index (κ3) is 4.69. The lowest BCUT2D eigenvalue weighted by Crippen LogP contribution is -2.22. The first-order valence-electron chi connectivity index (χ1n) is 11.0. The Kier molecular flexibility index (Phi) is 6.61. The Balaban J connectivity index is 1.77. The lowest BCUT2D eigenvalue weighted by molar-refractivity contribution is 0.262. The fourth-order valence-electron chi connectivity index (χ4n) is 4.05. The van der Waals surface area contributed by atoms with Crippen LogP contribution < -0.4 is 10.6 Å². The van der Waals surface area contributed by atoms with Crippen LogP contribution in [0.25, 0.3) is 22.0 Å². The number of fused-ring (bicyclic) bond motifs is 1. The minimum atomic E-state index is -0.330. The summed E-state index contributed by atoms with van der Waals surface area (Å²) >= 11 is 6.54. The Morgan fingerprint density at radius 3 is 2.24 bits per heavy atom. The van der Waals surface area contributed by atoms with Gasteiger partial charge in [-0.3, -0.25) is 9.97 Å². The number of para-hydroxylation sites is 1. The van der Waals surface area contributed by atoms with Crippen molar-refractivity contribution in [1.29, 1.82) is 0 Å². The molecule has 0 aliphatic rings. The van der Waals surface area contributed by atoms with Gasteiger partial charge >= 0.3 is 6.03 Å². The molecule has 33 heavy (non-hydrogen) atoms. The van der Waals surface area contributed by atoms with Crippen LogP contribution in [0.15, 0.2) is 67.1 Å². The number of pyridine rings is 2. The van der Waals surface area contributed by atoms with E-state index >= 15 is 0 Å². The monoisotopic (exact) mass is 458 g/mol. The highest BCUT2D eigenvalue weighted by atomic mass is 35.5. The number of anilines is 2. The third-order valence-electron chi connectivity index (χ3n) is 5.67. The van der Waals surface area contributed by atoms with Crippen LogP contribution in [0.3, 0.4) is 0 Å². The summed E-state index contributed by atoms with van der Waals surface area (Å²) in [5.41, 5.74) is 5.99. The highest BCUT2D eigenvalue weighted by Crippen LogP contribution is 2.38. The van der Waals surface area contributed by atoms with Crippen LogP contribution in [0.2, 0.25) is 5.02 Å². The lowest BCUT2D eigenvalue weighted by Gasteiger charge is -2.21. The molecule has 5 nitrogen and oxygen atoms in total. The van der Waals surface area contributed by atoms with E-state index in [1.54, 1.807) is 18.6 Å². The van der Waals surface area contributed by atoms with Crippen molar-refractivity contribution in [1.82, 2.24) is 9.97 Å². The van der Waals surface area contributed by atoms with Crippen molar-refractivity contribution in [2.45, 2.75) is 39.5 Å². The van der Waals surface area contributed by atoms with Gasteiger partial charge in [0.2, 0.25) is 0 Å². The number of urea groups is 1. The number of nitrogens with zero attached hydrogens (tertiary/aromatic N) is 2. The quantitative estimate of drug-likeness (QED) is 0.320. The predicted molar refractivity (Wildman–Crippen MR) is 137 cm³/mol. The van der Waals surface area contributed by atoms with Crippen molar-refractivity contribution in [2.75, 3.05) is 10.6 Å². The smallest absolute Gasteiger partial charge is 0.307 e. The highest BCUT2D eigenvalue weighted by Gasteiger charge is 2.19. The standard InChI is InChI=1S/C27H27ClN4O/c1-16(2)18-9-7-10-19(17(3)4)26(18)32-27(33)31-24-15-30-23-12-13-29-14-21(23)25(24)20-8-5-6-11-22(20)28/h5-17H,1-4H3,(H2,31,32,33). The second-order valence-electron chi connectivity index (χ2n) is 8.62. The van der Waals surface area contributed by atoms with Crippen molar-refractivity contribution in [2.24, 2.45) is 0 Å². The molecule has 4 rings (SSSR count). The Morgan fingerprint density at radius 2 is 1.58 bits per heavy atom. The van der Waals surface area contributed by atoms with Crippen LogP contribution >= 0.6 is 11.6 Å². The average molecular weight is 459 g/mol.